The Bertz CT molecular complexity index is 500. The molecule has 2 rings (SSSR count). The average molecular weight is 203 g/mol. The van der Waals surface area contributed by atoms with Gasteiger partial charge < -0.3 is 5.32 Å². The molecule has 5 heteroatoms. The molecular weight excluding hydrogens is 190 g/mol. The number of fused-ring (bicyclic) bond motifs is 1. The van der Waals surface area contributed by atoms with Gasteiger partial charge in [0, 0.05) is 17.9 Å². The fraction of sp³-hybridized carbons (Fsp3) is 0.300. The molecule has 0 aromatic carbocycles. The van der Waals surface area contributed by atoms with Gasteiger partial charge in [-0.1, -0.05) is 6.08 Å². The molecule has 0 atom stereocenters. The van der Waals surface area contributed by atoms with Crippen molar-refractivity contribution in [2.75, 3.05) is 11.9 Å². The standard InChI is InChI=1S/C10H13N5/c1-4-5-11-9-13-10-12-7(2)6-8(3)15(10)14-9/h4,6H,1,5H2,2-3H3,(H,11,14). The van der Waals surface area contributed by atoms with Crippen molar-refractivity contribution in [3.05, 3.63) is 30.1 Å². The zero-order chi connectivity index (χ0) is 10.8. The molecule has 0 aliphatic rings. The zero-order valence-electron chi connectivity index (χ0n) is 8.86. The van der Waals surface area contributed by atoms with Gasteiger partial charge >= 0.3 is 0 Å². The highest BCUT2D eigenvalue weighted by Gasteiger charge is 2.05. The summed E-state index contributed by atoms with van der Waals surface area (Å²) in [6, 6.07) is 1.97. The molecule has 2 heterocycles. The number of aryl methyl sites for hydroxylation is 2. The highest BCUT2D eigenvalue weighted by molar-refractivity contribution is 5.39. The first-order valence-electron chi connectivity index (χ1n) is 4.76. The maximum atomic E-state index is 4.29. The van der Waals surface area contributed by atoms with Crippen LogP contribution in [0.3, 0.4) is 0 Å². The quantitative estimate of drug-likeness (QED) is 0.765. The van der Waals surface area contributed by atoms with Gasteiger partial charge in [-0.15, -0.1) is 11.7 Å². The van der Waals surface area contributed by atoms with E-state index >= 15 is 0 Å². The Morgan fingerprint density at radius 2 is 2.27 bits per heavy atom. The van der Waals surface area contributed by atoms with Crippen LogP contribution in [0, 0.1) is 13.8 Å². The Morgan fingerprint density at radius 3 is 3.00 bits per heavy atom. The van der Waals surface area contributed by atoms with Crippen LogP contribution >= 0.6 is 0 Å². The summed E-state index contributed by atoms with van der Waals surface area (Å²) in [6.45, 7) is 8.19. The van der Waals surface area contributed by atoms with Crippen molar-refractivity contribution in [2.24, 2.45) is 0 Å². The molecule has 0 unspecified atom stereocenters. The highest BCUT2D eigenvalue weighted by Crippen LogP contribution is 2.07. The second-order valence-corrected chi connectivity index (χ2v) is 3.36. The topological polar surface area (TPSA) is 55.1 Å². The number of hydrogen-bond donors (Lipinski definition) is 1. The van der Waals surface area contributed by atoms with Gasteiger partial charge in [0.05, 0.1) is 0 Å². The van der Waals surface area contributed by atoms with Gasteiger partial charge in [-0.25, -0.2) is 4.98 Å². The number of rotatable bonds is 3. The van der Waals surface area contributed by atoms with Crippen LogP contribution in [0.15, 0.2) is 18.7 Å². The lowest BCUT2D eigenvalue weighted by Crippen LogP contribution is -2.00. The first-order chi connectivity index (χ1) is 7.20. The maximum Gasteiger partial charge on any atom is 0.254 e. The molecule has 0 spiro atoms. The molecule has 0 amide bonds. The largest absolute Gasteiger partial charge is 0.349 e. The Kier molecular flexibility index (Phi) is 2.37. The molecule has 0 fully saturated rings. The molecule has 15 heavy (non-hydrogen) atoms. The van der Waals surface area contributed by atoms with Crippen LogP contribution in [0.1, 0.15) is 11.4 Å². The van der Waals surface area contributed by atoms with Gasteiger partial charge in [0.25, 0.3) is 5.78 Å². The summed E-state index contributed by atoms with van der Waals surface area (Å²) in [5.41, 5.74) is 1.97. The highest BCUT2D eigenvalue weighted by atomic mass is 15.4. The Morgan fingerprint density at radius 1 is 1.47 bits per heavy atom. The second-order valence-electron chi connectivity index (χ2n) is 3.36. The predicted molar refractivity (Wildman–Crippen MR) is 58.9 cm³/mol. The summed E-state index contributed by atoms with van der Waals surface area (Å²) >= 11 is 0. The molecule has 0 saturated heterocycles. The monoisotopic (exact) mass is 203 g/mol. The molecule has 1 N–H and O–H groups in total. The molecule has 2 aromatic heterocycles. The average Bonchev–Trinajstić information content (AvgIpc) is 2.57. The number of anilines is 1. The Labute approximate surface area is 87.9 Å². The molecule has 5 nitrogen and oxygen atoms in total. The van der Waals surface area contributed by atoms with E-state index in [0.717, 1.165) is 11.4 Å². The maximum absolute atomic E-state index is 4.29. The van der Waals surface area contributed by atoms with Crippen molar-refractivity contribution in [1.82, 2.24) is 19.6 Å². The number of nitrogens with one attached hydrogen (secondary N) is 1. The summed E-state index contributed by atoms with van der Waals surface area (Å²) in [6.07, 6.45) is 1.76. The minimum Gasteiger partial charge on any atom is -0.349 e. The molecule has 2 aromatic rings. The van der Waals surface area contributed by atoms with E-state index in [1.807, 2.05) is 19.9 Å². The minimum absolute atomic E-state index is 0.580. The molecule has 78 valence electrons. The second kappa shape index (κ2) is 3.68. The molecule has 0 aliphatic heterocycles. The normalized spacial score (nSPS) is 10.5. The molecule has 0 radical (unpaired) electrons. The third-order valence-electron chi connectivity index (χ3n) is 2.02. The van der Waals surface area contributed by atoms with E-state index in [4.69, 9.17) is 0 Å². The first-order valence-corrected chi connectivity index (χ1v) is 4.76. The van der Waals surface area contributed by atoms with E-state index in [1.165, 1.54) is 0 Å². The van der Waals surface area contributed by atoms with E-state index in [2.05, 4.69) is 27.0 Å². The van der Waals surface area contributed by atoms with Gasteiger partial charge in [0.15, 0.2) is 0 Å². The SMILES string of the molecule is C=CCNc1nc2nc(C)cc(C)n2n1. The first kappa shape index (κ1) is 9.64. The van der Waals surface area contributed by atoms with Crippen LogP contribution in [0.25, 0.3) is 5.78 Å². The smallest absolute Gasteiger partial charge is 0.254 e. The number of hydrogen-bond acceptors (Lipinski definition) is 4. The fourth-order valence-corrected chi connectivity index (χ4v) is 1.40. The summed E-state index contributed by atoms with van der Waals surface area (Å²) in [5.74, 6) is 1.20. The van der Waals surface area contributed by atoms with Gasteiger partial charge in [0.2, 0.25) is 5.95 Å². The Hall–Kier alpha value is -1.91. The van der Waals surface area contributed by atoms with Crippen molar-refractivity contribution in [1.29, 1.82) is 0 Å². The van der Waals surface area contributed by atoms with E-state index in [0.29, 0.717) is 18.3 Å². The van der Waals surface area contributed by atoms with Gasteiger partial charge in [-0.2, -0.15) is 9.50 Å². The van der Waals surface area contributed by atoms with E-state index in [9.17, 15) is 0 Å². The van der Waals surface area contributed by atoms with Crippen molar-refractivity contribution >= 4 is 11.7 Å². The van der Waals surface area contributed by atoms with E-state index in [-0.39, 0.29) is 0 Å². The number of aromatic nitrogens is 4. The van der Waals surface area contributed by atoms with Crippen LogP contribution in [0.4, 0.5) is 5.95 Å². The van der Waals surface area contributed by atoms with Crippen molar-refractivity contribution in [3.8, 4) is 0 Å². The number of nitrogens with zero attached hydrogens (tertiary/aromatic N) is 4. The third kappa shape index (κ3) is 1.81. The minimum atomic E-state index is 0.580. The van der Waals surface area contributed by atoms with Crippen LogP contribution in [-0.4, -0.2) is 26.1 Å². The summed E-state index contributed by atoms with van der Waals surface area (Å²) in [5, 5.41) is 7.30. The van der Waals surface area contributed by atoms with Crippen LogP contribution in [0.2, 0.25) is 0 Å². The van der Waals surface area contributed by atoms with Gasteiger partial charge in [0.1, 0.15) is 0 Å². The molecular formula is C10H13N5. The molecule has 0 bridgehead atoms. The predicted octanol–water partition coefficient (Wildman–Crippen LogP) is 1.34. The van der Waals surface area contributed by atoms with Crippen molar-refractivity contribution in [2.45, 2.75) is 13.8 Å². The van der Waals surface area contributed by atoms with E-state index in [1.54, 1.807) is 10.6 Å². The van der Waals surface area contributed by atoms with Gasteiger partial charge in [-0.05, 0) is 19.9 Å². The lowest BCUT2D eigenvalue weighted by atomic mass is 10.4. The summed E-state index contributed by atoms with van der Waals surface area (Å²) < 4.78 is 1.72. The Balaban J connectivity index is 2.45. The molecule has 0 saturated carbocycles. The zero-order valence-corrected chi connectivity index (χ0v) is 8.86. The van der Waals surface area contributed by atoms with Crippen LogP contribution in [-0.2, 0) is 0 Å². The van der Waals surface area contributed by atoms with Crippen LogP contribution in [0.5, 0.6) is 0 Å². The summed E-state index contributed by atoms with van der Waals surface area (Å²) in [7, 11) is 0. The van der Waals surface area contributed by atoms with Gasteiger partial charge in [-0.3, -0.25) is 0 Å². The summed E-state index contributed by atoms with van der Waals surface area (Å²) in [4.78, 5) is 8.54. The van der Waals surface area contributed by atoms with Crippen molar-refractivity contribution < 1.29 is 0 Å². The lowest BCUT2D eigenvalue weighted by molar-refractivity contribution is 0.885. The fourth-order valence-electron chi connectivity index (χ4n) is 1.40. The lowest BCUT2D eigenvalue weighted by Gasteiger charge is -1.97. The third-order valence-corrected chi connectivity index (χ3v) is 2.02. The molecule has 0 aliphatic carbocycles. The van der Waals surface area contributed by atoms with E-state index < -0.39 is 0 Å². The van der Waals surface area contributed by atoms with Crippen molar-refractivity contribution in [3.63, 3.8) is 0 Å². The van der Waals surface area contributed by atoms with Crippen LogP contribution < -0.4 is 5.32 Å².